The molecular formula is C16H19N3O. The van der Waals surface area contributed by atoms with Gasteiger partial charge < -0.3 is 15.6 Å². The Kier molecular flexibility index (Phi) is 3.56. The van der Waals surface area contributed by atoms with Gasteiger partial charge in [-0.25, -0.2) is 0 Å². The number of hydrogen-bond donors (Lipinski definition) is 2. The summed E-state index contributed by atoms with van der Waals surface area (Å²) in [5.41, 5.74) is 8.15. The number of anilines is 1. The predicted molar refractivity (Wildman–Crippen MR) is 79.6 cm³/mol. The van der Waals surface area contributed by atoms with Gasteiger partial charge in [0.25, 0.3) is 5.91 Å². The Morgan fingerprint density at radius 3 is 2.85 bits per heavy atom. The van der Waals surface area contributed by atoms with Crippen LogP contribution in [0.2, 0.25) is 0 Å². The van der Waals surface area contributed by atoms with Crippen LogP contribution in [0.15, 0.2) is 42.6 Å². The molecule has 0 radical (unpaired) electrons. The van der Waals surface area contributed by atoms with E-state index in [1.54, 1.807) is 0 Å². The van der Waals surface area contributed by atoms with Gasteiger partial charge in [0, 0.05) is 24.5 Å². The van der Waals surface area contributed by atoms with Gasteiger partial charge in [-0.1, -0.05) is 12.1 Å². The first-order valence-corrected chi connectivity index (χ1v) is 7.05. The van der Waals surface area contributed by atoms with Crippen molar-refractivity contribution in [1.82, 2.24) is 4.57 Å². The van der Waals surface area contributed by atoms with E-state index in [1.807, 2.05) is 42.6 Å². The molecule has 0 unspecified atom stereocenters. The zero-order chi connectivity index (χ0) is 13.9. The fraction of sp³-hybridized carbons (Fsp3) is 0.312. The van der Waals surface area contributed by atoms with Crippen molar-refractivity contribution < 1.29 is 4.79 Å². The molecule has 1 heterocycles. The zero-order valence-corrected chi connectivity index (χ0v) is 11.4. The van der Waals surface area contributed by atoms with Gasteiger partial charge in [-0.05, 0) is 49.1 Å². The van der Waals surface area contributed by atoms with Crippen molar-refractivity contribution in [3.8, 4) is 0 Å². The molecular weight excluding hydrogens is 250 g/mol. The van der Waals surface area contributed by atoms with Gasteiger partial charge in [0.1, 0.15) is 5.69 Å². The molecule has 1 fully saturated rings. The molecule has 4 heteroatoms. The summed E-state index contributed by atoms with van der Waals surface area (Å²) in [5.74, 6) is -0.0592. The molecule has 1 aromatic heterocycles. The SMILES string of the molecule is NCc1cccc(NC(=O)c2cccn2C2CCC2)c1. The molecule has 2 aromatic rings. The van der Waals surface area contributed by atoms with E-state index in [2.05, 4.69) is 9.88 Å². The van der Waals surface area contributed by atoms with Gasteiger partial charge in [0.2, 0.25) is 0 Å². The summed E-state index contributed by atoms with van der Waals surface area (Å²) in [7, 11) is 0. The highest BCUT2D eigenvalue weighted by molar-refractivity contribution is 6.03. The van der Waals surface area contributed by atoms with Crippen molar-refractivity contribution in [3.05, 3.63) is 53.9 Å². The van der Waals surface area contributed by atoms with E-state index < -0.39 is 0 Å². The van der Waals surface area contributed by atoms with Crippen LogP contribution in [0.4, 0.5) is 5.69 Å². The molecule has 0 saturated heterocycles. The summed E-state index contributed by atoms with van der Waals surface area (Å²) >= 11 is 0. The van der Waals surface area contributed by atoms with Crippen molar-refractivity contribution >= 4 is 11.6 Å². The van der Waals surface area contributed by atoms with Crippen molar-refractivity contribution in [3.63, 3.8) is 0 Å². The maximum atomic E-state index is 12.4. The predicted octanol–water partition coefficient (Wildman–Crippen LogP) is 2.92. The Labute approximate surface area is 118 Å². The van der Waals surface area contributed by atoms with Crippen LogP contribution in [0, 0.1) is 0 Å². The Morgan fingerprint density at radius 1 is 1.30 bits per heavy atom. The fourth-order valence-electron chi connectivity index (χ4n) is 2.54. The lowest BCUT2D eigenvalue weighted by molar-refractivity contribution is 0.101. The van der Waals surface area contributed by atoms with Crippen molar-refractivity contribution in [2.24, 2.45) is 5.73 Å². The summed E-state index contributed by atoms with van der Waals surface area (Å²) in [4.78, 5) is 12.4. The number of hydrogen-bond acceptors (Lipinski definition) is 2. The van der Waals surface area contributed by atoms with Crippen molar-refractivity contribution in [2.75, 3.05) is 5.32 Å². The van der Waals surface area contributed by atoms with Crippen molar-refractivity contribution in [2.45, 2.75) is 31.8 Å². The zero-order valence-electron chi connectivity index (χ0n) is 11.4. The third-order valence-electron chi connectivity index (χ3n) is 3.90. The van der Waals surface area contributed by atoms with E-state index in [0.717, 1.165) is 29.8 Å². The average molecular weight is 269 g/mol. The molecule has 4 nitrogen and oxygen atoms in total. The first kappa shape index (κ1) is 12.9. The largest absolute Gasteiger partial charge is 0.340 e. The second-order valence-electron chi connectivity index (χ2n) is 5.24. The van der Waals surface area contributed by atoms with Gasteiger partial charge in [0.15, 0.2) is 0 Å². The van der Waals surface area contributed by atoms with Gasteiger partial charge >= 0.3 is 0 Å². The number of benzene rings is 1. The van der Waals surface area contributed by atoms with Crippen molar-refractivity contribution in [1.29, 1.82) is 0 Å². The van der Waals surface area contributed by atoms with E-state index in [0.29, 0.717) is 12.6 Å². The minimum absolute atomic E-state index is 0.0592. The molecule has 1 aromatic carbocycles. The molecule has 1 saturated carbocycles. The van der Waals surface area contributed by atoms with Gasteiger partial charge in [-0.2, -0.15) is 0 Å². The van der Waals surface area contributed by atoms with Crippen LogP contribution in [0.25, 0.3) is 0 Å². The average Bonchev–Trinajstić information content (AvgIpc) is 2.86. The van der Waals surface area contributed by atoms with Gasteiger partial charge in [0.05, 0.1) is 0 Å². The molecule has 1 aliphatic carbocycles. The lowest BCUT2D eigenvalue weighted by atomic mass is 9.93. The molecule has 0 bridgehead atoms. The lowest BCUT2D eigenvalue weighted by Crippen LogP contribution is -2.23. The highest BCUT2D eigenvalue weighted by atomic mass is 16.1. The van der Waals surface area contributed by atoms with E-state index in [4.69, 9.17) is 5.73 Å². The quantitative estimate of drug-likeness (QED) is 0.896. The van der Waals surface area contributed by atoms with Crippen LogP contribution in [0.3, 0.4) is 0 Å². The van der Waals surface area contributed by atoms with E-state index in [9.17, 15) is 4.79 Å². The summed E-state index contributed by atoms with van der Waals surface area (Å²) in [6.07, 6.45) is 5.58. The fourth-order valence-corrected chi connectivity index (χ4v) is 2.54. The number of nitrogens with zero attached hydrogens (tertiary/aromatic N) is 1. The molecule has 1 amide bonds. The number of rotatable bonds is 4. The Morgan fingerprint density at radius 2 is 2.15 bits per heavy atom. The summed E-state index contributed by atoms with van der Waals surface area (Å²) in [6, 6.07) is 11.9. The topological polar surface area (TPSA) is 60.0 Å². The van der Waals surface area contributed by atoms with Gasteiger partial charge in [-0.15, -0.1) is 0 Å². The molecule has 0 aliphatic heterocycles. The van der Waals surface area contributed by atoms with Crippen LogP contribution < -0.4 is 11.1 Å². The lowest BCUT2D eigenvalue weighted by Gasteiger charge is -2.28. The number of amides is 1. The number of nitrogens with one attached hydrogen (secondary N) is 1. The Balaban J connectivity index is 1.77. The maximum Gasteiger partial charge on any atom is 0.272 e. The summed E-state index contributed by atoms with van der Waals surface area (Å²) in [5, 5.41) is 2.95. The normalized spacial score (nSPS) is 14.8. The highest BCUT2D eigenvalue weighted by Gasteiger charge is 2.23. The third kappa shape index (κ3) is 2.47. The highest BCUT2D eigenvalue weighted by Crippen LogP contribution is 2.32. The Hall–Kier alpha value is -2.07. The molecule has 20 heavy (non-hydrogen) atoms. The molecule has 0 spiro atoms. The second kappa shape index (κ2) is 5.51. The second-order valence-corrected chi connectivity index (χ2v) is 5.24. The first-order chi connectivity index (χ1) is 9.78. The minimum atomic E-state index is -0.0592. The van der Waals surface area contributed by atoms with Crippen LogP contribution in [-0.2, 0) is 6.54 Å². The Bertz CT molecular complexity index is 614. The first-order valence-electron chi connectivity index (χ1n) is 7.05. The minimum Gasteiger partial charge on any atom is -0.340 e. The van der Waals surface area contributed by atoms with E-state index in [1.165, 1.54) is 6.42 Å². The molecule has 3 rings (SSSR count). The summed E-state index contributed by atoms with van der Waals surface area (Å²) in [6.45, 7) is 0.474. The molecule has 3 N–H and O–H groups in total. The standard InChI is InChI=1S/C16H19N3O/c17-11-12-4-1-5-13(10-12)18-16(20)15-8-3-9-19(15)14-6-2-7-14/h1,3-5,8-10,14H,2,6-7,11,17H2,(H,18,20). The number of aromatic nitrogens is 1. The monoisotopic (exact) mass is 269 g/mol. The van der Waals surface area contributed by atoms with Crippen LogP contribution in [-0.4, -0.2) is 10.5 Å². The summed E-state index contributed by atoms with van der Waals surface area (Å²) < 4.78 is 2.09. The maximum absolute atomic E-state index is 12.4. The molecule has 1 aliphatic rings. The number of carbonyl (C=O) groups excluding carboxylic acids is 1. The number of carbonyl (C=O) groups is 1. The van der Waals surface area contributed by atoms with E-state index in [-0.39, 0.29) is 5.91 Å². The third-order valence-corrected chi connectivity index (χ3v) is 3.90. The van der Waals surface area contributed by atoms with Crippen LogP contribution in [0.5, 0.6) is 0 Å². The van der Waals surface area contributed by atoms with Gasteiger partial charge in [-0.3, -0.25) is 4.79 Å². The van der Waals surface area contributed by atoms with Crippen LogP contribution in [0.1, 0.15) is 41.4 Å². The molecule has 104 valence electrons. The number of nitrogens with two attached hydrogens (primary N) is 1. The molecule has 0 atom stereocenters. The smallest absolute Gasteiger partial charge is 0.272 e. The van der Waals surface area contributed by atoms with E-state index >= 15 is 0 Å². The van der Waals surface area contributed by atoms with Crippen LogP contribution >= 0.6 is 0 Å².